The second-order valence-corrected chi connectivity index (χ2v) is 4.34. The lowest BCUT2D eigenvalue weighted by molar-refractivity contribution is 0.313. The molecule has 2 aromatic rings. The number of hydrogen-bond acceptors (Lipinski definition) is 3. The zero-order chi connectivity index (χ0) is 13.5. The molecule has 0 radical (unpaired) electrons. The van der Waals surface area contributed by atoms with Gasteiger partial charge in [0, 0.05) is 18.0 Å². The first-order chi connectivity index (χ1) is 9.35. The van der Waals surface area contributed by atoms with Crippen LogP contribution in [-0.4, -0.2) is 18.1 Å². The first-order valence-corrected chi connectivity index (χ1v) is 6.68. The quantitative estimate of drug-likeness (QED) is 0.609. The first-order valence-electron chi connectivity index (χ1n) is 6.68. The number of nitrogens with zero attached hydrogens (tertiary/aromatic N) is 1. The topological polar surface area (TPSA) is 34.1 Å². The Morgan fingerprint density at radius 3 is 3.00 bits per heavy atom. The van der Waals surface area contributed by atoms with E-state index in [2.05, 4.69) is 29.9 Å². The van der Waals surface area contributed by atoms with Crippen molar-refractivity contribution < 1.29 is 4.74 Å². The molecular formula is C16H20N2O. The highest BCUT2D eigenvalue weighted by molar-refractivity contribution is 5.82. The number of pyridine rings is 1. The summed E-state index contributed by atoms with van der Waals surface area (Å²) < 4.78 is 5.67. The summed E-state index contributed by atoms with van der Waals surface area (Å²) in [6.45, 7) is 8.19. The van der Waals surface area contributed by atoms with Crippen molar-refractivity contribution in [3.05, 3.63) is 48.6 Å². The monoisotopic (exact) mass is 256 g/mol. The second kappa shape index (κ2) is 6.90. The number of benzene rings is 1. The molecule has 0 spiro atoms. The van der Waals surface area contributed by atoms with Crippen LogP contribution in [0.2, 0.25) is 0 Å². The van der Waals surface area contributed by atoms with E-state index < -0.39 is 0 Å². The molecule has 1 heterocycles. The van der Waals surface area contributed by atoms with Crippen molar-refractivity contribution in [1.82, 2.24) is 10.3 Å². The Bertz CT molecular complexity index is 551. The normalized spacial score (nSPS) is 10.6. The molecule has 2 rings (SSSR count). The molecular weight excluding hydrogens is 236 g/mol. The van der Waals surface area contributed by atoms with Gasteiger partial charge >= 0.3 is 0 Å². The SMILES string of the molecule is C=CCCOc1cc(CNCC)c2ccccc2n1. The van der Waals surface area contributed by atoms with Gasteiger partial charge in [0.2, 0.25) is 5.88 Å². The van der Waals surface area contributed by atoms with Crippen molar-refractivity contribution in [2.45, 2.75) is 19.9 Å². The molecule has 0 bridgehead atoms. The summed E-state index contributed by atoms with van der Waals surface area (Å²) in [6.07, 6.45) is 2.68. The van der Waals surface area contributed by atoms with Crippen LogP contribution in [0.5, 0.6) is 5.88 Å². The molecule has 3 heteroatoms. The molecule has 0 saturated heterocycles. The summed E-state index contributed by atoms with van der Waals surface area (Å²) in [7, 11) is 0. The summed E-state index contributed by atoms with van der Waals surface area (Å²) in [5, 5.41) is 4.53. The van der Waals surface area contributed by atoms with Crippen LogP contribution >= 0.6 is 0 Å². The van der Waals surface area contributed by atoms with Gasteiger partial charge in [-0.2, -0.15) is 0 Å². The number of nitrogens with one attached hydrogen (secondary N) is 1. The van der Waals surface area contributed by atoms with Crippen molar-refractivity contribution >= 4 is 10.9 Å². The van der Waals surface area contributed by atoms with Crippen LogP contribution in [0.25, 0.3) is 10.9 Å². The zero-order valence-corrected chi connectivity index (χ0v) is 11.4. The number of ether oxygens (including phenoxy) is 1. The van der Waals surface area contributed by atoms with Gasteiger partial charge in [-0.25, -0.2) is 4.98 Å². The van der Waals surface area contributed by atoms with Crippen molar-refractivity contribution in [1.29, 1.82) is 0 Å². The Balaban J connectivity index is 2.29. The molecule has 3 nitrogen and oxygen atoms in total. The molecule has 1 aromatic heterocycles. The van der Waals surface area contributed by atoms with Crippen molar-refractivity contribution in [3.8, 4) is 5.88 Å². The lowest BCUT2D eigenvalue weighted by atomic mass is 10.1. The van der Waals surface area contributed by atoms with Crippen LogP contribution < -0.4 is 10.1 Å². The molecule has 0 amide bonds. The highest BCUT2D eigenvalue weighted by Crippen LogP contribution is 2.22. The summed E-state index contributed by atoms with van der Waals surface area (Å²) in [6, 6.07) is 10.2. The summed E-state index contributed by atoms with van der Waals surface area (Å²) in [4.78, 5) is 4.53. The van der Waals surface area contributed by atoms with Gasteiger partial charge in [0.25, 0.3) is 0 Å². The van der Waals surface area contributed by atoms with E-state index in [0.717, 1.165) is 25.0 Å². The highest BCUT2D eigenvalue weighted by Gasteiger charge is 2.05. The third kappa shape index (κ3) is 3.55. The lowest BCUT2D eigenvalue weighted by Crippen LogP contribution is -2.12. The van der Waals surface area contributed by atoms with Crippen molar-refractivity contribution in [3.63, 3.8) is 0 Å². The molecule has 100 valence electrons. The average Bonchev–Trinajstić information content (AvgIpc) is 2.45. The third-order valence-corrected chi connectivity index (χ3v) is 2.92. The summed E-state index contributed by atoms with van der Waals surface area (Å²) in [5.74, 6) is 0.688. The van der Waals surface area contributed by atoms with Gasteiger partial charge in [0.05, 0.1) is 12.1 Å². The van der Waals surface area contributed by atoms with E-state index in [1.54, 1.807) is 0 Å². The number of fused-ring (bicyclic) bond motifs is 1. The van der Waals surface area contributed by atoms with Crippen LogP contribution in [-0.2, 0) is 6.54 Å². The standard InChI is InChI=1S/C16H20N2O/c1-3-5-10-19-16-11-13(12-17-4-2)14-8-6-7-9-15(14)18-16/h3,6-9,11,17H,1,4-5,10,12H2,2H3. The Kier molecular flexibility index (Phi) is 4.93. The van der Waals surface area contributed by atoms with E-state index in [9.17, 15) is 0 Å². The second-order valence-electron chi connectivity index (χ2n) is 4.34. The molecule has 1 N–H and O–H groups in total. The maximum Gasteiger partial charge on any atom is 0.214 e. The van der Waals surface area contributed by atoms with Gasteiger partial charge in [-0.3, -0.25) is 0 Å². The van der Waals surface area contributed by atoms with E-state index in [1.165, 1.54) is 10.9 Å². The fourth-order valence-corrected chi connectivity index (χ4v) is 1.95. The first kappa shape index (κ1) is 13.6. The van der Waals surface area contributed by atoms with Crippen molar-refractivity contribution in [2.75, 3.05) is 13.2 Å². The molecule has 0 saturated carbocycles. The largest absolute Gasteiger partial charge is 0.477 e. The van der Waals surface area contributed by atoms with Crippen LogP contribution in [0.3, 0.4) is 0 Å². The van der Waals surface area contributed by atoms with Crippen LogP contribution in [0.4, 0.5) is 0 Å². The van der Waals surface area contributed by atoms with E-state index in [1.807, 2.05) is 30.3 Å². The van der Waals surface area contributed by atoms with Gasteiger partial charge in [0.15, 0.2) is 0 Å². The number of para-hydroxylation sites is 1. The predicted molar refractivity (Wildman–Crippen MR) is 79.4 cm³/mol. The predicted octanol–water partition coefficient (Wildman–Crippen LogP) is 3.30. The van der Waals surface area contributed by atoms with Gasteiger partial charge < -0.3 is 10.1 Å². The maximum absolute atomic E-state index is 5.67. The molecule has 0 unspecified atom stereocenters. The molecule has 0 fully saturated rings. The van der Waals surface area contributed by atoms with Gasteiger partial charge in [-0.1, -0.05) is 31.2 Å². The average molecular weight is 256 g/mol. The maximum atomic E-state index is 5.67. The molecule has 19 heavy (non-hydrogen) atoms. The number of hydrogen-bond donors (Lipinski definition) is 1. The molecule has 1 aromatic carbocycles. The summed E-state index contributed by atoms with van der Waals surface area (Å²) >= 11 is 0. The lowest BCUT2D eigenvalue weighted by Gasteiger charge is -2.10. The Hall–Kier alpha value is -1.87. The third-order valence-electron chi connectivity index (χ3n) is 2.92. The summed E-state index contributed by atoms with van der Waals surface area (Å²) in [5.41, 5.74) is 2.20. The molecule has 0 aliphatic carbocycles. The smallest absolute Gasteiger partial charge is 0.214 e. The van der Waals surface area contributed by atoms with Gasteiger partial charge in [-0.15, -0.1) is 6.58 Å². The van der Waals surface area contributed by atoms with Gasteiger partial charge in [0.1, 0.15) is 0 Å². The zero-order valence-electron chi connectivity index (χ0n) is 11.4. The van der Waals surface area contributed by atoms with Crippen molar-refractivity contribution in [2.24, 2.45) is 0 Å². The molecule has 0 atom stereocenters. The number of aromatic nitrogens is 1. The van der Waals surface area contributed by atoms with E-state index >= 15 is 0 Å². The van der Waals surface area contributed by atoms with Crippen LogP contribution in [0.1, 0.15) is 18.9 Å². The minimum absolute atomic E-state index is 0.621. The molecule has 0 aliphatic heterocycles. The van der Waals surface area contributed by atoms with Crippen LogP contribution in [0.15, 0.2) is 43.0 Å². The minimum Gasteiger partial charge on any atom is -0.477 e. The van der Waals surface area contributed by atoms with Crippen LogP contribution in [0, 0.1) is 0 Å². The fourth-order valence-electron chi connectivity index (χ4n) is 1.95. The Morgan fingerprint density at radius 1 is 1.37 bits per heavy atom. The number of rotatable bonds is 7. The van der Waals surface area contributed by atoms with E-state index in [0.29, 0.717) is 12.5 Å². The molecule has 0 aliphatic rings. The van der Waals surface area contributed by atoms with E-state index in [-0.39, 0.29) is 0 Å². The Morgan fingerprint density at radius 2 is 2.21 bits per heavy atom. The van der Waals surface area contributed by atoms with Gasteiger partial charge in [-0.05, 0) is 24.6 Å². The van der Waals surface area contributed by atoms with E-state index in [4.69, 9.17) is 4.74 Å². The Labute approximate surface area is 114 Å². The minimum atomic E-state index is 0.621. The fraction of sp³-hybridized carbons (Fsp3) is 0.312. The highest BCUT2D eigenvalue weighted by atomic mass is 16.5.